The highest BCUT2D eigenvalue weighted by atomic mass is 16.1. The number of ketones is 1. The maximum atomic E-state index is 12.6. The minimum atomic E-state index is -0.728. The number of Topliss-reactive ketones (excluding diaryl/α,β-unsaturated/α-hetero) is 1. The number of benzene rings is 1. The van der Waals surface area contributed by atoms with Gasteiger partial charge in [-0.3, -0.25) is 4.79 Å². The van der Waals surface area contributed by atoms with Crippen LogP contribution in [0, 0.1) is 0 Å². The molecule has 1 atom stereocenters. The third-order valence-electron chi connectivity index (χ3n) is 4.04. The second-order valence-electron chi connectivity index (χ2n) is 5.71. The average Bonchev–Trinajstić information content (AvgIpc) is 2.26. The van der Waals surface area contributed by atoms with Gasteiger partial charge in [0.2, 0.25) is 0 Å². The first-order valence-corrected chi connectivity index (χ1v) is 6.99. The third kappa shape index (κ3) is 2.49. The fourth-order valence-electron chi connectivity index (χ4n) is 2.72. The van der Waals surface area contributed by atoms with Gasteiger partial charge in [0, 0.05) is 5.56 Å². The van der Waals surface area contributed by atoms with Crippen LogP contribution in [0.15, 0.2) is 24.3 Å². The lowest BCUT2D eigenvalue weighted by atomic mass is 9.75. The van der Waals surface area contributed by atoms with Crippen molar-refractivity contribution in [3.63, 3.8) is 0 Å². The highest BCUT2D eigenvalue weighted by molar-refractivity contribution is 6.04. The smallest absolute Gasteiger partial charge is 0.182 e. The van der Waals surface area contributed by atoms with Crippen molar-refractivity contribution >= 4 is 5.78 Å². The van der Waals surface area contributed by atoms with Crippen LogP contribution in [-0.4, -0.2) is 11.3 Å². The van der Waals surface area contributed by atoms with Gasteiger partial charge in [0.25, 0.3) is 0 Å². The predicted molar refractivity (Wildman–Crippen MR) is 74.9 cm³/mol. The molecule has 0 aliphatic heterocycles. The van der Waals surface area contributed by atoms with E-state index in [-0.39, 0.29) is 5.78 Å². The number of carbonyl (C=O) groups excluding carboxylic acids is 1. The van der Waals surface area contributed by atoms with E-state index < -0.39 is 5.54 Å². The summed E-state index contributed by atoms with van der Waals surface area (Å²) >= 11 is 0. The van der Waals surface area contributed by atoms with Gasteiger partial charge in [-0.2, -0.15) is 0 Å². The molecular weight excluding hydrogens is 222 g/mol. The number of rotatable bonds is 5. The molecular formula is C16H23NO. The Morgan fingerprint density at radius 1 is 1.39 bits per heavy atom. The van der Waals surface area contributed by atoms with E-state index in [1.54, 1.807) is 0 Å². The molecule has 1 aliphatic carbocycles. The van der Waals surface area contributed by atoms with Crippen molar-refractivity contribution in [1.82, 2.24) is 0 Å². The Kier molecular flexibility index (Phi) is 3.86. The molecule has 0 bridgehead atoms. The Balaban J connectivity index is 2.29. The van der Waals surface area contributed by atoms with Crippen molar-refractivity contribution in [3.8, 4) is 0 Å². The van der Waals surface area contributed by atoms with Gasteiger partial charge in [-0.25, -0.2) is 0 Å². The van der Waals surface area contributed by atoms with Gasteiger partial charge in [0.1, 0.15) is 0 Å². The zero-order chi connectivity index (χ0) is 13.2. The zero-order valence-corrected chi connectivity index (χ0v) is 11.4. The van der Waals surface area contributed by atoms with Crippen molar-refractivity contribution in [2.45, 2.75) is 57.4 Å². The molecule has 0 spiro atoms. The van der Waals surface area contributed by atoms with E-state index in [1.807, 2.05) is 25.1 Å². The van der Waals surface area contributed by atoms with Crippen molar-refractivity contribution in [3.05, 3.63) is 35.4 Å². The first-order valence-electron chi connectivity index (χ1n) is 6.99. The van der Waals surface area contributed by atoms with E-state index in [4.69, 9.17) is 5.73 Å². The summed E-state index contributed by atoms with van der Waals surface area (Å²) in [6, 6.07) is 8.01. The van der Waals surface area contributed by atoms with E-state index >= 15 is 0 Å². The molecule has 1 saturated carbocycles. The first-order chi connectivity index (χ1) is 8.56. The third-order valence-corrected chi connectivity index (χ3v) is 4.04. The molecule has 18 heavy (non-hydrogen) atoms. The summed E-state index contributed by atoms with van der Waals surface area (Å²) in [6.45, 7) is 3.92. The van der Waals surface area contributed by atoms with E-state index in [2.05, 4.69) is 13.0 Å². The summed E-state index contributed by atoms with van der Waals surface area (Å²) < 4.78 is 0. The van der Waals surface area contributed by atoms with Crippen LogP contribution < -0.4 is 5.73 Å². The van der Waals surface area contributed by atoms with Crippen LogP contribution in [0.1, 0.15) is 67.8 Å². The molecule has 2 N–H and O–H groups in total. The molecule has 1 aromatic carbocycles. The van der Waals surface area contributed by atoms with E-state index in [1.165, 1.54) is 24.8 Å². The summed E-state index contributed by atoms with van der Waals surface area (Å²) in [5.74, 6) is 0.675. The van der Waals surface area contributed by atoms with Gasteiger partial charge >= 0.3 is 0 Å². The lowest BCUT2D eigenvalue weighted by Crippen LogP contribution is -2.45. The van der Waals surface area contributed by atoms with Crippen molar-refractivity contribution in [2.24, 2.45) is 5.73 Å². The molecule has 2 rings (SSSR count). The highest BCUT2D eigenvalue weighted by Crippen LogP contribution is 2.38. The molecule has 98 valence electrons. The van der Waals surface area contributed by atoms with E-state index in [0.29, 0.717) is 5.92 Å². The molecule has 0 heterocycles. The molecule has 0 aromatic heterocycles. The minimum Gasteiger partial charge on any atom is -0.319 e. The maximum absolute atomic E-state index is 12.6. The number of nitrogens with two attached hydrogens (primary N) is 1. The highest BCUT2D eigenvalue weighted by Gasteiger charge is 2.32. The van der Waals surface area contributed by atoms with Crippen LogP contribution in [0.2, 0.25) is 0 Å². The Morgan fingerprint density at radius 2 is 2.06 bits per heavy atom. The fraction of sp³-hybridized carbons (Fsp3) is 0.562. The predicted octanol–water partition coefficient (Wildman–Crippen LogP) is 3.65. The normalized spacial score (nSPS) is 19.1. The molecule has 2 heteroatoms. The zero-order valence-electron chi connectivity index (χ0n) is 11.4. The maximum Gasteiger partial charge on any atom is 0.182 e. The topological polar surface area (TPSA) is 43.1 Å². The van der Waals surface area contributed by atoms with Gasteiger partial charge < -0.3 is 5.73 Å². The summed E-state index contributed by atoms with van der Waals surface area (Å²) in [5, 5.41) is 0. The van der Waals surface area contributed by atoms with Crippen molar-refractivity contribution in [2.75, 3.05) is 0 Å². The second kappa shape index (κ2) is 5.23. The summed E-state index contributed by atoms with van der Waals surface area (Å²) in [5.41, 5.74) is 7.51. The van der Waals surface area contributed by atoms with Gasteiger partial charge in [-0.1, -0.05) is 44.0 Å². The van der Waals surface area contributed by atoms with Gasteiger partial charge in [0.05, 0.1) is 5.54 Å². The second-order valence-corrected chi connectivity index (χ2v) is 5.71. The Morgan fingerprint density at radius 3 is 2.61 bits per heavy atom. The molecule has 0 radical (unpaired) electrons. The summed E-state index contributed by atoms with van der Waals surface area (Å²) in [6.07, 6.45) is 5.37. The lowest BCUT2D eigenvalue weighted by molar-refractivity contribution is 0.0891. The van der Waals surface area contributed by atoms with Crippen LogP contribution in [0.25, 0.3) is 0 Å². The fourth-order valence-corrected chi connectivity index (χ4v) is 2.72. The Bertz CT molecular complexity index is 432. The monoisotopic (exact) mass is 245 g/mol. The largest absolute Gasteiger partial charge is 0.319 e. The SMILES string of the molecule is CCCC(C)(N)C(=O)c1ccccc1C1CCC1. The number of hydrogen-bond acceptors (Lipinski definition) is 2. The summed E-state index contributed by atoms with van der Waals surface area (Å²) in [7, 11) is 0. The van der Waals surface area contributed by atoms with Gasteiger partial charge in [-0.15, -0.1) is 0 Å². The van der Waals surface area contributed by atoms with E-state index in [9.17, 15) is 4.79 Å². The number of carbonyl (C=O) groups is 1. The summed E-state index contributed by atoms with van der Waals surface area (Å²) in [4.78, 5) is 12.6. The first kappa shape index (κ1) is 13.3. The molecule has 1 fully saturated rings. The quantitative estimate of drug-likeness (QED) is 0.804. The van der Waals surface area contributed by atoms with Crippen LogP contribution in [-0.2, 0) is 0 Å². The van der Waals surface area contributed by atoms with Crippen LogP contribution in [0.4, 0.5) is 0 Å². The van der Waals surface area contributed by atoms with Crippen molar-refractivity contribution in [1.29, 1.82) is 0 Å². The minimum absolute atomic E-state index is 0.104. The molecule has 1 aliphatic rings. The van der Waals surface area contributed by atoms with E-state index in [0.717, 1.165) is 18.4 Å². The van der Waals surface area contributed by atoms with Crippen LogP contribution in [0.5, 0.6) is 0 Å². The van der Waals surface area contributed by atoms with Crippen molar-refractivity contribution < 1.29 is 4.79 Å². The molecule has 0 amide bonds. The Labute approximate surface area is 110 Å². The van der Waals surface area contributed by atoms with Gasteiger partial charge in [-0.05, 0) is 37.7 Å². The lowest BCUT2D eigenvalue weighted by Gasteiger charge is -2.30. The standard InChI is InChI=1S/C16H23NO/c1-3-11-16(2,17)15(18)14-10-5-4-9-13(14)12-7-6-8-12/h4-5,9-10,12H,3,6-8,11,17H2,1-2H3. The van der Waals surface area contributed by atoms with Crippen LogP contribution in [0.3, 0.4) is 0 Å². The number of hydrogen-bond donors (Lipinski definition) is 1. The molecule has 1 aromatic rings. The average molecular weight is 245 g/mol. The molecule has 1 unspecified atom stereocenters. The molecule has 0 saturated heterocycles. The molecule has 2 nitrogen and oxygen atoms in total. The Hall–Kier alpha value is -1.15. The van der Waals surface area contributed by atoms with Crippen LogP contribution >= 0.6 is 0 Å². The van der Waals surface area contributed by atoms with Gasteiger partial charge in [0.15, 0.2) is 5.78 Å².